The van der Waals surface area contributed by atoms with Crippen LogP contribution in [0.3, 0.4) is 0 Å². The zero-order valence-corrected chi connectivity index (χ0v) is 17.5. The number of alkyl halides is 16. The van der Waals surface area contributed by atoms with Crippen molar-refractivity contribution in [2.24, 2.45) is 5.14 Å². The number of benzene rings is 1. The van der Waals surface area contributed by atoms with Crippen LogP contribution in [0.4, 0.5) is 75.9 Å². The van der Waals surface area contributed by atoms with Crippen molar-refractivity contribution in [2.75, 3.05) is 5.32 Å². The van der Waals surface area contributed by atoms with Crippen LogP contribution in [0.25, 0.3) is 0 Å². The number of rotatable bonds is 10. The molecule has 1 aromatic rings. The van der Waals surface area contributed by atoms with Gasteiger partial charge in [0.25, 0.3) is 0 Å². The number of nitrogens with one attached hydrogen (secondary N) is 1. The van der Waals surface area contributed by atoms with E-state index in [9.17, 15) is 83.5 Å². The summed E-state index contributed by atoms with van der Waals surface area (Å²) >= 11 is 0. The summed E-state index contributed by atoms with van der Waals surface area (Å²) in [5, 5.41) is 5.30. The normalized spacial score (nSPS) is 15.2. The number of carbonyl (C=O) groups excluding carboxylic acids is 1. The van der Waals surface area contributed by atoms with Gasteiger partial charge >= 0.3 is 53.8 Å². The molecule has 0 spiro atoms. The summed E-state index contributed by atoms with van der Waals surface area (Å²) in [6.45, 7) is 0. The summed E-state index contributed by atoms with van der Waals surface area (Å²) < 4.78 is 234. The standard InChI is InChI=1S/C15H8F16N2O3S/c16-7(17)9(18,19)11(22,23)13(26,27)15(30,31)14(28,29)12(24,25)10(20,21)8(34)33-5-1-3-6(4-2-5)37(32,35)36/h1-4,7H,(H,33,34)(H2,32,35,36). The average molecular weight is 600 g/mol. The Labute approximate surface area is 193 Å². The lowest BCUT2D eigenvalue weighted by atomic mass is 9.89. The number of hydrogen-bond acceptors (Lipinski definition) is 3. The maximum atomic E-state index is 13.8. The lowest BCUT2D eigenvalue weighted by molar-refractivity contribution is -0.443. The third-order valence-electron chi connectivity index (χ3n) is 4.39. The van der Waals surface area contributed by atoms with Gasteiger partial charge in [0.2, 0.25) is 10.0 Å². The van der Waals surface area contributed by atoms with E-state index in [0.29, 0.717) is 29.6 Å². The third kappa shape index (κ3) is 4.76. The van der Waals surface area contributed by atoms with Crippen molar-refractivity contribution in [1.82, 2.24) is 0 Å². The minimum atomic E-state index is -8.63. The maximum absolute atomic E-state index is 13.8. The first kappa shape index (κ1) is 32.5. The molecule has 5 nitrogen and oxygen atoms in total. The SMILES string of the molecule is NS(=O)(=O)c1ccc(NC(=O)C(F)(F)C(F)(F)C(F)(F)C(F)(F)C(F)(F)C(F)(F)C(F)(F)C(F)F)cc1. The second-order valence-electron chi connectivity index (χ2n) is 6.89. The smallest absolute Gasteiger partial charge is 0.321 e. The highest BCUT2D eigenvalue weighted by Crippen LogP contribution is 2.62. The van der Waals surface area contributed by atoms with E-state index in [1.807, 2.05) is 0 Å². The molecular formula is C15H8F16N2O3S. The van der Waals surface area contributed by atoms with Crippen molar-refractivity contribution in [3.63, 3.8) is 0 Å². The van der Waals surface area contributed by atoms with Gasteiger partial charge < -0.3 is 5.32 Å². The first-order valence-electron chi connectivity index (χ1n) is 8.42. The number of amides is 1. The monoisotopic (exact) mass is 600 g/mol. The van der Waals surface area contributed by atoms with Gasteiger partial charge in [-0.1, -0.05) is 0 Å². The highest BCUT2D eigenvalue weighted by atomic mass is 32.2. The molecule has 0 fully saturated rings. The molecule has 22 heteroatoms. The van der Waals surface area contributed by atoms with Crippen LogP contribution in [0, 0.1) is 0 Å². The molecule has 0 saturated heterocycles. The average Bonchev–Trinajstić information content (AvgIpc) is 2.72. The zero-order valence-electron chi connectivity index (χ0n) is 16.6. The van der Waals surface area contributed by atoms with Crippen LogP contribution >= 0.6 is 0 Å². The fourth-order valence-corrected chi connectivity index (χ4v) is 2.73. The van der Waals surface area contributed by atoms with Crippen molar-refractivity contribution >= 4 is 21.6 Å². The maximum Gasteiger partial charge on any atom is 0.393 e. The van der Waals surface area contributed by atoms with E-state index in [4.69, 9.17) is 0 Å². The molecule has 0 aliphatic carbocycles. The molecule has 0 bridgehead atoms. The molecular weight excluding hydrogens is 592 g/mol. The predicted octanol–water partition coefficient (Wildman–Crippen LogP) is 4.98. The van der Waals surface area contributed by atoms with Gasteiger partial charge in [0, 0.05) is 5.69 Å². The Morgan fingerprint density at radius 3 is 1.38 bits per heavy atom. The summed E-state index contributed by atoms with van der Waals surface area (Å²) in [4.78, 5) is 10.6. The predicted molar refractivity (Wildman–Crippen MR) is 87.1 cm³/mol. The number of nitrogens with two attached hydrogens (primary N) is 1. The molecule has 0 unspecified atom stereocenters. The molecule has 0 saturated carbocycles. The van der Waals surface area contributed by atoms with Gasteiger partial charge in [-0.05, 0) is 24.3 Å². The molecule has 3 N–H and O–H groups in total. The number of hydrogen-bond donors (Lipinski definition) is 2. The molecule has 0 radical (unpaired) electrons. The topological polar surface area (TPSA) is 89.3 Å². The van der Waals surface area contributed by atoms with E-state index in [1.165, 1.54) is 0 Å². The first-order chi connectivity index (χ1) is 16.0. The van der Waals surface area contributed by atoms with Crippen molar-refractivity contribution in [3.8, 4) is 0 Å². The number of sulfonamides is 1. The van der Waals surface area contributed by atoms with Crippen LogP contribution in [0.2, 0.25) is 0 Å². The van der Waals surface area contributed by atoms with E-state index in [-0.39, 0.29) is 0 Å². The molecule has 0 aliphatic rings. The molecule has 1 aromatic carbocycles. The van der Waals surface area contributed by atoms with Gasteiger partial charge in [-0.25, -0.2) is 22.3 Å². The molecule has 0 heterocycles. The lowest BCUT2D eigenvalue weighted by Gasteiger charge is -2.42. The molecule has 1 rings (SSSR count). The van der Waals surface area contributed by atoms with E-state index in [1.54, 1.807) is 0 Å². The number of anilines is 1. The Balaban J connectivity index is 3.50. The Morgan fingerprint density at radius 1 is 0.676 bits per heavy atom. The Morgan fingerprint density at radius 2 is 1.03 bits per heavy atom. The van der Waals surface area contributed by atoms with Crippen molar-refractivity contribution in [2.45, 2.75) is 52.8 Å². The molecule has 0 aliphatic heterocycles. The quantitative estimate of drug-likeness (QED) is 0.372. The third-order valence-corrected chi connectivity index (χ3v) is 5.32. The highest BCUT2D eigenvalue weighted by Gasteiger charge is 2.94. The van der Waals surface area contributed by atoms with Gasteiger partial charge in [-0.3, -0.25) is 4.79 Å². The van der Waals surface area contributed by atoms with Gasteiger partial charge in [-0.15, -0.1) is 0 Å². The highest BCUT2D eigenvalue weighted by molar-refractivity contribution is 7.89. The fourth-order valence-electron chi connectivity index (χ4n) is 2.22. The van der Waals surface area contributed by atoms with Gasteiger partial charge in [-0.2, -0.15) is 61.5 Å². The van der Waals surface area contributed by atoms with Crippen molar-refractivity contribution in [1.29, 1.82) is 0 Å². The minimum absolute atomic E-state index is 0.291. The van der Waals surface area contributed by atoms with E-state index in [0.717, 1.165) is 0 Å². The summed E-state index contributed by atoms with van der Waals surface area (Å²) in [7, 11) is -4.47. The van der Waals surface area contributed by atoms with E-state index in [2.05, 4.69) is 5.14 Å². The van der Waals surface area contributed by atoms with E-state index >= 15 is 0 Å². The fraction of sp³-hybridized carbons (Fsp3) is 0.533. The number of carbonyl (C=O) groups is 1. The number of halogens is 16. The molecule has 37 heavy (non-hydrogen) atoms. The van der Waals surface area contributed by atoms with Crippen LogP contribution in [-0.2, 0) is 14.8 Å². The molecule has 1 amide bonds. The lowest BCUT2D eigenvalue weighted by Crippen LogP contribution is -2.74. The van der Waals surface area contributed by atoms with E-state index < -0.39 is 74.4 Å². The van der Waals surface area contributed by atoms with Gasteiger partial charge in [0.05, 0.1) is 4.90 Å². The summed E-state index contributed by atoms with van der Waals surface area (Å²) in [6, 6.07) is 1.38. The van der Waals surface area contributed by atoms with Crippen molar-refractivity contribution in [3.05, 3.63) is 24.3 Å². The first-order valence-corrected chi connectivity index (χ1v) is 9.97. The molecule has 214 valence electrons. The van der Waals surface area contributed by atoms with Crippen LogP contribution in [-0.4, -0.2) is 62.2 Å². The largest absolute Gasteiger partial charge is 0.393 e. The second kappa shape index (κ2) is 9.05. The summed E-state index contributed by atoms with van der Waals surface area (Å²) in [5.74, 6) is -60.5. The zero-order chi connectivity index (χ0) is 29.8. The number of primary sulfonamides is 1. The van der Waals surface area contributed by atoms with Gasteiger partial charge in [0.15, 0.2) is 0 Å². The second-order valence-corrected chi connectivity index (χ2v) is 8.45. The molecule has 0 aromatic heterocycles. The Bertz CT molecular complexity index is 1120. The van der Waals surface area contributed by atoms with Crippen LogP contribution in [0.5, 0.6) is 0 Å². The summed E-state index contributed by atoms with van der Waals surface area (Å²) in [5.41, 5.74) is -1.16. The van der Waals surface area contributed by atoms with Crippen molar-refractivity contribution < 1.29 is 83.5 Å². The Hall–Kier alpha value is -2.52. The van der Waals surface area contributed by atoms with Crippen LogP contribution in [0.15, 0.2) is 29.2 Å². The summed E-state index contributed by atoms with van der Waals surface area (Å²) in [6.07, 6.45) is -5.97. The molecule has 0 atom stereocenters. The van der Waals surface area contributed by atoms with Crippen LogP contribution < -0.4 is 10.5 Å². The minimum Gasteiger partial charge on any atom is -0.321 e. The van der Waals surface area contributed by atoms with Gasteiger partial charge in [0.1, 0.15) is 0 Å². The Kier molecular flexibility index (Phi) is 7.95. The van der Waals surface area contributed by atoms with Crippen LogP contribution in [0.1, 0.15) is 0 Å².